The van der Waals surface area contributed by atoms with Crippen LogP contribution in [0.15, 0.2) is 0 Å². The van der Waals surface area contributed by atoms with Crippen molar-refractivity contribution in [2.24, 2.45) is 5.92 Å². The van der Waals surface area contributed by atoms with Gasteiger partial charge in [-0.1, -0.05) is 26.2 Å². The van der Waals surface area contributed by atoms with Crippen LogP contribution >= 0.6 is 11.8 Å². The molecule has 1 aliphatic carbocycles. The summed E-state index contributed by atoms with van der Waals surface area (Å²) in [6, 6.07) is 0. The summed E-state index contributed by atoms with van der Waals surface area (Å²) in [4.78, 5) is 11.8. The highest BCUT2D eigenvalue weighted by molar-refractivity contribution is 7.99. The molecule has 0 aromatic heterocycles. The van der Waals surface area contributed by atoms with Gasteiger partial charge in [-0.2, -0.15) is 11.8 Å². The number of esters is 1. The molecule has 0 bridgehead atoms. The highest BCUT2D eigenvalue weighted by atomic mass is 32.2. The van der Waals surface area contributed by atoms with E-state index >= 15 is 0 Å². The van der Waals surface area contributed by atoms with Gasteiger partial charge < -0.3 is 10.1 Å². The minimum absolute atomic E-state index is 0.141. The Morgan fingerprint density at radius 1 is 1.35 bits per heavy atom. The quantitative estimate of drug-likeness (QED) is 0.494. The molecule has 1 rings (SSSR count). The monoisotopic (exact) mass is 301 g/mol. The Morgan fingerprint density at radius 2 is 2.05 bits per heavy atom. The van der Waals surface area contributed by atoms with Crippen LogP contribution in [0.2, 0.25) is 0 Å². The number of hydrogen-bond acceptors (Lipinski definition) is 4. The van der Waals surface area contributed by atoms with Crippen molar-refractivity contribution in [3.8, 4) is 0 Å². The van der Waals surface area contributed by atoms with Gasteiger partial charge >= 0.3 is 5.97 Å². The Balaban J connectivity index is 2.12. The number of nitrogens with one attached hydrogen (secondary N) is 1. The highest BCUT2D eigenvalue weighted by Gasteiger charge is 2.32. The van der Waals surface area contributed by atoms with Crippen LogP contribution in [0.1, 0.15) is 58.8 Å². The van der Waals surface area contributed by atoms with Crippen molar-refractivity contribution in [3.05, 3.63) is 0 Å². The molecule has 20 heavy (non-hydrogen) atoms. The van der Waals surface area contributed by atoms with Gasteiger partial charge in [0.15, 0.2) is 0 Å². The van der Waals surface area contributed by atoms with E-state index in [-0.39, 0.29) is 5.97 Å². The first-order chi connectivity index (χ1) is 9.62. The second-order valence-corrected chi connectivity index (χ2v) is 7.19. The molecule has 0 aromatic carbocycles. The second kappa shape index (κ2) is 9.67. The summed E-state index contributed by atoms with van der Waals surface area (Å²) >= 11 is 2.09. The SMILES string of the molecule is CCNC(C)(CCCCSCC1CCCC1)C(=O)OC. The summed E-state index contributed by atoms with van der Waals surface area (Å²) in [6.07, 6.45) is 8.88. The summed E-state index contributed by atoms with van der Waals surface area (Å²) < 4.78 is 4.91. The number of unbranched alkanes of at least 4 members (excludes halogenated alkanes) is 1. The van der Waals surface area contributed by atoms with Crippen molar-refractivity contribution in [1.82, 2.24) is 5.32 Å². The number of hydrogen-bond donors (Lipinski definition) is 1. The summed E-state index contributed by atoms with van der Waals surface area (Å²) in [5.74, 6) is 3.39. The van der Waals surface area contributed by atoms with E-state index in [1.165, 1.54) is 50.7 Å². The molecule has 118 valence electrons. The van der Waals surface area contributed by atoms with Gasteiger partial charge in [0.05, 0.1) is 7.11 Å². The van der Waals surface area contributed by atoms with E-state index in [1.807, 2.05) is 13.8 Å². The maximum Gasteiger partial charge on any atom is 0.325 e. The van der Waals surface area contributed by atoms with E-state index in [2.05, 4.69) is 17.1 Å². The van der Waals surface area contributed by atoms with E-state index < -0.39 is 5.54 Å². The van der Waals surface area contributed by atoms with Crippen molar-refractivity contribution < 1.29 is 9.53 Å². The Kier molecular flexibility index (Phi) is 8.62. The second-order valence-electron chi connectivity index (χ2n) is 6.04. The molecule has 3 nitrogen and oxygen atoms in total. The lowest BCUT2D eigenvalue weighted by Gasteiger charge is -2.27. The lowest BCUT2D eigenvalue weighted by molar-refractivity contribution is -0.148. The van der Waals surface area contributed by atoms with Crippen LogP contribution in [-0.4, -0.2) is 36.7 Å². The molecular weight excluding hydrogens is 270 g/mol. The molecule has 1 fully saturated rings. The van der Waals surface area contributed by atoms with E-state index in [9.17, 15) is 4.79 Å². The summed E-state index contributed by atoms with van der Waals surface area (Å²) in [5, 5.41) is 3.26. The number of carbonyl (C=O) groups is 1. The maximum atomic E-state index is 11.8. The van der Waals surface area contributed by atoms with Crippen LogP contribution in [0.5, 0.6) is 0 Å². The third-order valence-electron chi connectivity index (χ3n) is 4.25. The van der Waals surface area contributed by atoms with Crippen LogP contribution in [0.4, 0.5) is 0 Å². The maximum absolute atomic E-state index is 11.8. The Morgan fingerprint density at radius 3 is 2.65 bits per heavy atom. The molecule has 0 aliphatic heterocycles. The fourth-order valence-electron chi connectivity index (χ4n) is 2.99. The van der Waals surface area contributed by atoms with Gasteiger partial charge in [0.2, 0.25) is 0 Å². The standard InChI is InChI=1S/C16H31NO2S/c1-4-17-16(2,15(18)19-3)11-7-8-12-20-13-14-9-5-6-10-14/h14,17H,4-13H2,1-3H3. The van der Waals surface area contributed by atoms with Crippen LogP contribution in [0, 0.1) is 5.92 Å². The number of thioether (sulfide) groups is 1. The number of rotatable bonds is 10. The molecule has 1 N–H and O–H groups in total. The molecule has 0 radical (unpaired) electrons. The van der Waals surface area contributed by atoms with Gasteiger partial charge in [0.1, 0.15) is 5.54 Å². The summed E-state index contributed by atoms with van der Waals surface area (Å²) in [5.41, 5.74) is -0.514. The molecule has 1 atom stereocenters. The molecule has 0 spiro atoms. The molecule has 0 heterocycles. The van der Waals surface area contributed by atoms with Gasteiger partial charge in [-0.25, -0.2) is 0 Å². The first kappa shape index (κ1) is 17.8. The van der Waals surface area contributed by atoms with E-state index in [4.69, 9.17) is 4.74 Å². The van der Waals surface area contributed by atoms with Crippen molar-refractivity contribution in [3.63, 3.8) is 0 Å². The van der Waals surface area contributed by atoms with Crippen LogP contribution < -0.4 is 5.32 Å². The topological polar surface area (TPSA) is 38.3 Å². The van der Waals surface area contributed by atoms with Crippen LogP contribution in [-0.2, 0) is 9.53 Å². The zero-order chi connectivity index (χ0) is 14.8. The normalized spacial score (nSPS) is 18.9. The van der Waals surface area contributed by atoms with Crippen LogP contribution in [0.25, 0.3) is 0 Å². The van der Waals surface area contributed by atoms with Crippen molar-refractivity contribution in [2.45, 2.75) is 64.3 Å². The smallest absolute Gasteiger partial charge is 0.325 e. The zero-order valence-electron chi connectivity index (χ0n) is 13.4. The molecular formula is C16H31NO2S. The zero-order valence-corrected chi connectivity index (χ0v) is 14.2. The van der Waals surface area contributed by atoms with Crippen molar-refractivity contribution in [2.75, 3.05) is 25.2 Å². The summed E-state index contributed by atoms with van der Waals surface area (Å²) in [7, 11) is 1.47. The molecule has 1 aliphatic rings. The first-order valence-electron chi connectivity index (χ1n) is 8.03. The highest BCUT2D eigenvalue weighted by Crippen LogP contribution is 2.28. The predicted octanol–water partition coefficient (Wildman–Crippen LogP) is 3.62. The number of carbonyl (C=O) groups excluding carboxylic acids is 1. The third-order valence-corrected chi connectivity index (χ3v) is 5.53. The van der Waals surface area contributed by atoms with E-state index in [1.54, 1.807) is 0 Å². The third kappa shape index (κ3) is 6.04. The lowest BCUT2D eigenvalue weighted by atomic mass is 9.95. The fraction of sp³-hybridized carbons (Fsp3) is 0.938. The molecule has 1 saturated carbocycles. The van der Waals surface area contributed by atoms with Gasteiger partial charge in [-0.15, -0.1) is 0 Å². The Hall–Kier alpha value is -0.220. The van der Waals surface area contributed by atoms with Crippen LogP contribution in [0.3, 0.4) is 0 Å². The molecule has 0 aromatic rings. The van der Waals surface area contributed by atoms with Gasteiger partial charge in [-0.3, -0.25) is 4.79 Å². The average molecular weight is 301 g/mol. The molecule has 1 unspecified atom stereocenters. The van der Waals surface area contributed by atoms with Gasteiger partial charge in [0.25, 0.3) is 0 Å². The molecule has 0 saturated heterocycles. The minimum Gasteiger partial charge on any atom is -0.468 e. The predicted molar refractivity (Wildman–Crippen MR) is 87.2 cm³/mol. The molecule has 0 amide bonds. The largest absolute Gasteiger partial charge is 0.468 e. The minimum atomic E-state index is -0.514. The number of ether oxygens (including phenoxy) is 1. The fourth-order valence-corrected chi connectivity index (χ4v) is 4.23. The number of methoxy groups -OCH3 is 1. The summed E-state index contributed by atoms with van der Waals surface area (Å²) in [6.45, 7) is 4.77. The lowest BCUT2D eigenvalue weighted by Crippen LogP contribution is -2.50. The Labute approximate surface area is 128 Å². The van der Waals surface area contributed by atoms with Gasteiger partial charge in [-0.05, 0) is 56.6 Å². The Bertz CT molecular complexity index is 280. The molecule has 4 heteroatoms. The van der Waals surface area contributed by atoms with E-state index in [0.29, 0.717) is 0 Å². The van der Waals surface area contributed by atoms with Crippen molar-refractivity contribution in [1.29, 1.82) is 0 Å². The average Bonchev–Trinajstić information content (AvgIpc) is 2.95. The number of likely N-dealkylation sites (N-methyl/N-ethyl adjacent to an activating group) is 1. The first-order valence-corrected chi connectivity index (χ1v) is 9.19. The van der Waals surface area contributed by atoms with Crippen molar-refractivity contribution >= 4 is 17.7 Å². The van der Waals surface area contributed by atoms with Gasteiger partial charge in [0, 0.05) is 0 Å². The van der Waals surface area contributed by atoms with E-state index in [0.717, 1.165) is 25.3 Å².